The molecule has 0 aromatic heterocycles. The van der Waals surface area contributed by atoms with E-state index < -0.39 is 11.5 Å². The Morgan fingerprint density at radius 3 is 2.73 bits per heavy atom. The molecule has 1 fully saturated rings. The second-order valence-corrected chi connectivity index (χ2v) is 3.30. The highest BCUT2D eigenvalue weighted by molar-refractivity contribution is 5.78. The third kappa shape index (κ3) is 1.70. The molecule has 3 N–H and O–H groups in total. The molecular weight excluding hydrogens is 144 g/mol. The number of carboxylic acid groups (broad SMARTS) is 1. The number of piperidine rings is 1. The van der Waals surface area contributed by atoms with E-state index in [4.69, 9.17) is 10.8 Å². The van der Waals surface area contributed by atoms with Crippen LogP contribution in [0.15, 0.2) is 0 Å². The molecule has 0 saturated carbocycles. The minimum atomic E-state index is -1.01. The van der Waals surface area contributed by atoms with Crippen LogP contribution in [0.1, 0.15) is 12.8 Å². The van der Waals surface area contributed by atoms with Gasteiger partial charge in [-0.15, -0.1) is 0 Å². The summed E-state index contributed by atoms with van der Waals surface area (Å²) in [5, 5.41) is 8.76. The number of hydrogen-bond acceptors (Lipinski definition) is 3. The van der Waals surface area contributed by atoms with Crippen molar-refractivity contribution in [2.75, 3.05) is 20.1 Å². The van der Waals surface area contributed by atoms with Gasteiger partial charge in [-0.25, -0.2) is 0 Å². The Balaban J connectivity index is 2.63. The summed E-state index contributed by atoms with van der Waals surface area (Å²) in [6.07, 6.45) is 1.46. The maximum absolute atomic E-state index is 10.7. The maximum atomic E-state index is 10.7. The van der Waals surface area contributed by atoms with Crippen molar-refractivity contribution in [3.05, 3.63) is 0 Å². The summed E-state index contributed by atoms with van der Waals surface area (Å²) < 4.78 is 0. The number of nitrogens with zero attached hydrogens (tertiary/aromatic N) is 1. The fourth-order valence-electron chi connectivity index (χ4n) is 1.48. The average Bonchev–Trinajstić information content (AvgIpc) is 1.86. The van der Waals surface area contributed by atoms with Gasteiger partial charge in [0, 0.05) is 6.54 Å². The molecule has 1 atom stereocenters. The molecule has 1 heterocycles. The van der Waals surface area contributed by atoms with E-state index in [2.05, 4.69) is 0 Å². The Morgan fingerprint density at radius 1 is 1.73 bits per heavy atom. The summed E-state index contributed by atoms with van der Waals surface area (Å²) in [5.41, 5.74) is 4.64. The minimum Gasteiger partial charge on any atom is -0.480 e. The van der Waals surface area contributed by atoms with Crippen molar-refractivity contribution in [3.8, 4) is 0 Å². The SMILES string of the molecule is CN1CCCC(N)(C(=O)O)C1. The number of likely N-dealkylation sites (N-methyl/N-ethyl adjacent to an activating group) is 1. The molecule has 0 radical (unpaired) electrons. The van der Waals surface area contributed by atoms with Crippen molar-refractivity contribution in [2.45, 2.75) is 18.4 Å². The summed E-state index contributed by atoms with van der Waals surface area (Å²) in [5.74, 6) is -0.885. The predicted molar refractivity (Wildman–Crippen MR) is 41.3 cm³/mol. The fourth-order valence-corrected chi connectivity index (χ4v) is 1.48. The average molecular weight is 158 g/mol. The summed E-state index contributed by atoms with van der Waals surface area (Å²) in [6, 6.07) is 0. The van der Waals surface area contributed by atoms with Crippen molar-refractivity contribution in [2.24, 2.45) is 5.73 Å². The normalized spacial score (nSPS) is 33.6. The first-order valence-corrected chi connectivity index (χ1v) is 3.75. The lowest BCUT2D eigenvalue weighted by atomic mass is 9.91. The highest BCUT2D eigenvalue weighted by Crippen LogP contribution is 2.17. The van der Waals surface area contributed by atoms with E-state index in [0.717, 1.165) is 13.0 Å². The fraction of sp³-hybridized carbons (Fsp3) is 0.857. The molecule has 11 heavy (non-hydrogen) atoms. The van der Waals surface area contributed by atoms with E-state index in [-0.39, 0.29) is 0 Å². The number of carboxylic acids is 1. The maximum Gasteiger partial charge on any atom is 0.325 e. The number of hydrogen-bond donors (Lipinski definition) is 2. The topological polar surface area (TPSA) is 66.6 Å². The highest BCUT2D eigenvalue weighted by Gasteiger charge is 2.37. The largest absolute Gasteiger partial charge is 0.480 e. The smallest absolute Gasteiger partial charge is 0.325 e. The molecule has 0 aromatic carbocycles. The van der Waals surface area contributed by atoms with Gasteiger partial charge in [-0.3, -0.25) is 4.79 Å². The second-order valence-electron chi connectivity index (χ2n) is 3.30. The molecule has 1 rings (SSSR count). The first-order chi connectivity index (χ1) is 5.04. The van der Waals surface area contributed by atoms with Crippen LogP contribution < -0.4 is 5.73 Å². The first kappa shape index (κ1) is 8.49. The zero-order valence-corrected chi connectivity index (χ0v) is 6.71. The van der Waals surface area contributed by atoms with E-state index in [1.807, 2.05) is 11.9 Å². The molecule has 0 aromatic rings. The van der Waals surface area contributed by atoms with Crippen LogP contribution in [0.4, 0.5) is 0 Å². The molecule has 1 unspecified atom stereocenters. The summed E-state index contributed by atoms with van der Waals surface area (Å²) in [4.78, 5) is 12.6. The highest BCUT2D eigenvalue weighted by atomic mass is 16.4. The van der Waals surface area contributed by atoms with Gasteiger partial charge < -0.3 is 15.7 Å². The van der Waals surface area contributed by atoms with Crippen LogP contribution in [-0.4, -0.2) is 41.7 Å². The molecule has 4 nitrogen and oxygen atoms in total. The number of rotatable bonds is 1. The molecular formula is C7H14N2O2. The first-order valence-electron chi connectivity index (χ1n) is 3.75. The third-order valence-electron chi connectivity index (χ3n) is 2.14. The van der Waals surface area contributed by atoms with E-state index >= 15 is 0 Å². The Morgan fingerprint density at radius 2 is 2.36 bits per heavy atom. The summed E-state index contributed by atoms with van der Waals surface area (Å²) in [7, 11) is 1.89. The number of nitrogens with two attached hydrogens (primary N) is 1. The van der Waals surface area contributed by atoms with Crippen molar-refractivity contribution in [1.29, 1.82) is 0 Å². The Hall–Kier alpha value is -0.610. The zero-order chi connectivity index (χ0) is 8.48. The van der Waals surface area contributed by atoms with Gasteiger partial charge in [-0.05, 0) is 26.4 Å². The Bertz CT molecular complexity index is 172. The monoisotopic (exact) mass is 158 g/mol. The van der Waals surface area contributed by atoms with Gasteiger partial charge >= 0.3 is 5.97 Å². The van der Waals surface area contributed by atoms with E-state index in [0.29, 0.717) is 13.0 Å². The quantitative estimate of drug-likeness (QED) is 0.539. The molecule has 0 amide bonds. The van der Waals surface area contributed by atoms with Crippen molar-refractivity contribution in [3.63, 3.8) is 0 Å². The molecule has 1 aliphatic rings. The van der Waals surface area contributed by atoms with Crippen LogP contribution in [0.2, 0.25) is 0 Å². The van der Waals surface area contributed by atoms with Gasteiger partial charge in [0.2, 0.25) is 0 Å². The lowest BCUT2D eigenvalue weighted by Gasteiger charge is -2.34. The van der Waals surface area contributed by atoms with Crippen molar-refractivity contribution < 1.29 is 9.90 Å². The van der Waals surface area contributed by atoms with Gasteiger partial charge in [0.15, 0.2) is 0 Å². The van der Waals surface area contributed by atoms with Crippen LogP contribution >= 0.6 is 0 Å². The number of aliphatic carboxylic acids is 1. The Labute approximate surface area is 66.0 Å². The predicted octanol–water partition coefficient (Wildman–Crippen LogP) is -0.506. The van der Waals surface area contributed by atoms with Gasteiger partial charge in [-0.2, -0.15) is 0 Å². The van der Waals surface area contributed by atoms with Gasteiger partial charge in [-0.1, -0.05) is 0 Å². The third-order valence-corrected chi connectivity index (χ3v) is 2.14. The molecule has 0 bridgehead atoms. The van der Waals surface area contributed by atoms with Gasteiger partial charge in [0.25, 0.3) is 0 Å². The van der Waals surface area contributed by atoms with Gasteiger partial charge in [0.05, 0.1) is 0 Å². The Kier molecular flexibility index (Phi) is 2.15. The van der Waals surface area contributed by atoms with Crippen LogP contribution in [0.25, 0.3) is 0 Å². The van der Waals surface area contributed by atoms with E-state index in [1.165, 1.54) is 0 Å². The number of carbonyl (C=O) groups is 1. The molecule has 1 saturated heterocycles. The van der Waals surface area contributed by atoms with Gasteiger partial charge in [0.1, 0.15) is 5.54 Å². The molecule has 0 aliphatic carbocycles. The van der Waals surface area contributed by atoms with Crippen molar-refractivity contribution in [1.82, 2.24) is 4.90 Å². The van der Waals surface area contributed by atoms with Crippen LogP contribution in [0.5, 0.6) is 0 Å². The van der Waals surface area contributed by atoms with Crippen LogP contribution in [0.3, 0.4) is 0 Å². The summed E-state index contributed by atoms with van der Waals surface area (Å²) >= 11 is 0. The number of likely N-dealkylation sites (tertiary alicyclic amines) is 1. The van der Waals surface area contributed by atoms with Crippen molar-refractivity contribution >= 4 is 5.97 Å². The van der Waals surface area contributed by atoms with Crippen LogP contribution in [0, 0.1) is 0 Å². The molecule has 64 valence electrons. The summed E-state index contributed by atoms with van der Waals surface area (Å²) in [6.45, 7) is 1.41. The van der Waals surface area contributed by atoms with E-state index in [9.17, 15) is 4.79 Å². The zero-order valence-electron chi connectivity index (χ0n) is 6.71. The minimum absolute atomic E-state index is 0.461. The molecule has 0 spiro atoms. The lowest BCUT2D eigenvalue weighted by molar-refractivity contribution is -0.145. The van der Waals surface area contributed by atoms with Crippen LogP contribution in [-0.2, 0) is 4.79 Å². The standard InChI is InChI=1S/C7H14N2O2/c1-9-4-2-3-7(8,5-9)6(10)11/h2-5,8H2,1H3,(H,10,11). The second kappa shape index (κ2) is 2.79. The lowest BCUT2D eigenvalue weighted by Crippen LogP contribution is -2.58. The molecule has 4 heteroatoms. The molecule has 1 aliphatic heterocycles. The van der Waals surface area contributed by atoms with E-state index in [1.54, 1.807) is 0 Å².